The Labute approximate surface area is 152 Å². The van der Waals surface area contributed by atoms with Crippen molar-refractivity contribution in [1.29, 1.82) is 0 Å². The smallest absolute Gasteiger partial charge is 0.249 e. The second-order valence-electron chi connectivity index (χ2n) is 6.89. The maximum Gasteiger partial charge on any atom is 0.249 e. The van der Waals surface area contributed by atoms with Crippen molar-refractivity contribution in [3.8, 4) is 0 Å². The lowest BCUT2D eigenvalue weighted by molar-refractivity contribution is -0.133. The van der Waals surface area contributed by atoms with Gasteiger partial charge in [0.1, 0.15) is 6.10 Å². The van der Waals surface area contributed by atoms with Crippen LogP contribution in [0.15, 0.2) is 41.4 Å². The van der Waals surface area contributed by atoms with E-state index >= 15 is 0 Å². The molecular weight excluding hydrogens is 334 g/mol. The van der Waals surface area contributed by atoms with Crippen LogP contribution in [0.2, 0.25) is 0 Å². The molecule has 4 rings (SSSR count). The van der Waals surface area contributed by atoms with E-state index in [-0.39, 0.29) is 18.1 Å². The number of amides is 1. The molecule has 2 aliphatic rings. The summed E-state index contributed by atoms with van der Waals surface area (Å²) in [5, 5.41) is 7.31. The predicted octanol–water partition coefficient (Wildman–Crippen LogP) is 2.44. The quantitative estimate of drug-likeness (QED) is 0.893. The van der Waals surface area contributed by atoms with Crippen LogP contribution >= 0.6 is 11.3 Å². The number of rotatable bonds is 5. The summed E-state index contributed by atoms with van der Waals surface area (Å²) in [6.07, 6.45) is 5.33. The first-order valence-corrected chi connectivity index (χ1v) is 9.78. The largest absolute Gasteiger partial charge is 0.364 e. The minimum Gasteiger partial charge on any atom is -0.364 e. The standard InChI is InChI=1S/C19H23N3O2S/c23-19(21-10-14-2-1-5-20-9-14)17-8-16-3-6-22(12-18(16)24-17)11-15-4-7-25-13-15/h1-2,4-5,7,9,13,16-18H,3,6,8,10-12H2,(H,21,23)/t16-,17+,18+/m0/s1. The number of hydrogen-bond donors (Lipinski definition) is 1. The normalized spacial score (nSPS) is 26.3. The fourth-order valence-corrected chi connectivity index (χ4v) is 4.41. The van der Waals surface area contributed by atoms with Crippen molar-refractivity contribution in [2.45, 2.75) is 38.1 Å². The Hall–Kier alpha value is -1.76. The molecule has 6 heteroatoms. The number of thiophene rings is 1. The summed E-state index contributed by atoms with van der Waals surface area (Å²) in [6.45, 7) is 3.50. The van der Waals surface area contributed by atoms with E-state index in [4.69, 9.17) is 4.74 Å². The number of ether oxygens (including phenoxy) is 1. The van der Waals surface area contributed by atoms with E-state index in [1.54, 1.807) is 23.7 Å². The zero-order valence-electron chi connectivity index (χ0n) is 14.1. The molecule has 5 nitrogen and oxygen atoms in total. The van der Waals surface area contributed by atoms with E-state index in [0.717, 1.165) is 38.0 Å². The SMILES string of the molecule is O=C(NCc1cccnc1)[C@H]1C[C@@H]2CCN(Cc3ccsc3)C[C@H]2O1. The summed E-state index contributed by atoms with van der Waals surface area (Å²) in [7, 11) is 0. The van der Waals surface area contributed by atoms with Gasteiger partial charge in [0.25, 0.3) is 0 Å². The van der Waals surface area contributed by atoms with Gasteiger partial charge in [-0.2, -0.15) is 11.3 Å². The highest BCUT2D eigenvalue weighted by Crippen LogP contribution is 2.33. The van der Waals surface area contributed by atoms with E-state index in [2.05, 4.69) is 32.0 Å². The Balaban J connectivity index is 1.28. The van der Waals surface area contributed by atoms with Crippen LogP contribution in [0.1, 0.15) is 24.0 Å². The number of carbonyl (C=O) groups is 1. The zero-order valence-corrected chi connectivity index (χ0v) is 15.0. The van der Waals surface area contributed by atoms with Gasteiger partial charge in [0.15, 0.2) is 0 Å². The number of pyridine rings is 1. The summed E-state index contributed by atoms with van der Waals surface area (Å²) in [6, 6.07) is 6.02. The molecule has 132 valence electrons. The second kappa shape index (κ2) is 7.64. The van der Waals surface area contributed by atoms with Gasteiger partial charge in [-0.3, -0.25) is 14.7 Å². The molecular formula is C19H23N3O2S. The Bertz CT molecular complexity index is 692. The lowest BCUT2D eigenvalue weighted by Crippen LogP contribution is -2.42. The molecule has 2 aliphatic heterocycles. The summed E-state index contributed by atoms with van der Waals surface area (Å²) in [5.41, 5.74) is 2.38. The van der Waals surface area contributed by atoms with E-state index < -0.39 is 0 Å². The van der Waals surface area contributed by atoms with Crippen molar-refractivity contribution >= 4 is 17.2 Å². The van der Waals surface area contributed by atoms with E-state index in [9.17, 15) is 4.79 Å². The van der Waals surface area contributed by atoms with E-state index in [1.807, 2.05) is 12.1 Å². The van der Waals surface area contributed by atoms with Crippen LogP contribution in [-0.2, 0) is 22.6 Å². The van der Waals surface area contributed by atoms with Crippen molar-refractivity contribution < 1.29 is 9.53 Å². The van der Waals surface area contributed by atoms with Crippen LogP contribution in [0.5, 0.6) is 0 Å². The number of hydrogen-bond acceptors (Lipinski definition) is 5. The lowest BCUT2D eigenvalue weighted by atomic mass is 9.91. The first kappa shape index (κ1) is 16.7. The van der Waals surface area contributed by atoms with Crippen LogP contribution in [0.3, 0.4) is 0 Å². The third-order valence-corrected chi connectivity index (χ3v) is 5.84. The average Bonchev–Trinajstić information content (AvgIpc) is 3.30. The average molecular weight is 357 g/mol. The summed E-state index contributed by atoms with van der Waals surface area (Å²) >= 11 is 1.74. The van der Waals surface area contributed by atoms with Crippen molar-refractivity contribution in [3.63, 3.8) is 0 Å². The van der Waals surface area contributed by atoms with Crippen molar-refractivity contribution in [1.82, 2.24) is 15.2 Å². The number of nitrogens with zero attached hydrogens (tertiary/aromatic N) is 2. The van der Waals surface area contributed by atoms with Gasteiger partial charge in [0, 0.05) is 32.0 Å². The van der Waals surface area contributed by atoms with Crippen molar-refractivity contribution in [2.75, 3.05) is 13.1 Å². The van der Waals surface area contributed by atoms with Crippen LogP contribution in [-0.4, -0.2) is 41.1 Å². The van der Waals surface area contributed by atoms with Crippen LogP contribution < -0.4 is 5.32 Å². The summed E-state index contributed by atoms with van der Waals surface area (Å²) in [5.74, 6) is 0.510. The number of likely N-dealkylation sites (tertiary alicyclic amines) is 1. The third-order valence-electron chi connectivity index (χ3n) is 5.10. The molecule has 0 spiro atoms. The Morgan fingerprint density at radius 3 is 3.16 bits per heavy atom. The van der Waals surface area contributed by atoms with Gasteiger partial charge in [-0.25, -0.2) is 0 Å². The molecule has 2 aromatic rings. The van der Waals surface area contributed by atoms with Crippen molar-refractivity contribution in [3.05, 3.63) is 52.5 Å². The second-order valence-corrected chi connectivity index (χ2v) is 7.67. The van der Waals surface area contributed by atoms with Gasteiger partial charge in [-0.1, -0.05) is 6.07 Å². The molecule has 2 saturated heterocycles. The first-order chi connectivity index (χ1) is 12.3. The highest BCUT2D eigenvalue weighted by Gasteiger charge is 2.41. The molecule has 0 aliphatic carbocycles. The van der Waals surface area contributed by atoms with Gasteiger partial charge in [0.2, 0.25) is 5.91 Å². The zero-order chi connectivity index (χ0) is 17.1. The number of fused-ring (bicyclic) bond motifs is 1. The maximum absolute atomic E-state index is 12.4. The van der Waals surface area contributed by atoms with Gasteiger partial charge < -0.3 is 10.1 Å². The molecule has 2 fully saturated rings. The van der Waals surface area contributed by atoms with Gasteiger partial charge in [0.05, 0.1) is 6.10 Å². The number of aromatic nitrogens is 1. The van der Waals surface area contributed by atoms with Crippen molar-refractivity contribution in [2.24, 2.45) is 5.92 Å². The Kier molecular flexibility index (Phi) is 5.10. The molecule has 1 amide bonds. The molecule has 25 heavy (non-hydrogen) atoms. The molecule has 0 unspecified atom stereocenters. The molecule has 1 N–H and O–H groups in total. The minimum absolute atomic E-state index is 0.00244. The molecule has 0 bridgehead atoms. The molecule has 2 aromatic heterocycles. The lowest BCUT2D eigenvalue weighted by Gasteiger charge is -2.33. The van der Waals surface area contributed by atoms with Gasteiger partial charge >= 0.3 is 0 Å². The topological polar surface area (TPSA) is 54.5 Å². The number of carbonyl (C=O) groups excluding carboxylic acids is 1. The Morgan fingerprint density at radius 1 is 1.40 bits per heavy atom. The van der Waals surface area contributed by atoms with Crippen LogP contribution in [0.25, 0.3) is 0 Å². The molecule has 0 aromatic carbocycles. The maximum atomic E-state index is 12.4. The third kappa shape index (κ3) is 4.08. The van der Waals surface area contributed by atoms with Gasteiger partial charge in [-0.15, -0.1) is 0 Å². The van der Waals surface area contributed by atoms with Crippen LogP contribution in [0, 0.1) is 5.92 Å². The summed E-state index contributed by atoms with van der Waals surface area (Å²) < 4.78 is 6.10. The Morgan fingerprint density at radius 2 is 2.36 bits per heavy atom. The highest BCUT2D eigenvalue weighted by molar-refractivity contribution is 7.07. The minimum atomic E-state index is -0.312. The number of nitrogens with one attached hydrogen (secondary N) is 1. The predicted molar refractivity (Wildman–Crippen MR) is 97.1 cm³/mol. The monoisotopic (exact) mass is 357 g/mol. The van der Waals surface area contributed by atoms with E-state index in [1.165, 1.54) is 5.56 Å². The van der Waals surface area contributed by atoms with E-state index in [0.29, 0.717) is 12.5 Å². The molecule has 4 heterocycles. The molecule has 0 saturated carbocycles. The van der Waals surface area contributed by atoms with Crippen LogP contribution in [0.4, 0.5) is 0 Å². The molecule has 0 radical (unpaired) electrons. The molecule has 3 atom stereocenters. The number of piperidine rings is 1. The fourth-order valence-electron chi connectivity index (χ4n) is 3.75. The van der Waals surface area contributed by atoms with Gasteiger partial charge in [-0.05, 0) is 59.3 Å². The summed E-state index contributed by atoms with van der Waals surface area (Å²) in [4.78, 5) is 18.9. The highest BCUT2D eigenvalue weighted by atomic mass is 32.1. The fraction of sp³-hybridized carbons (Fsp3) is 0.474. The first-order valence-electron chi connectivity index (χ1n) is 8.83.